The molecule has 0 N–H and O–H groups in total. The third kappa shape index (κ3) is 7.26. The minimum absolute atomic E-state index is 0. The second kappa shape index (κ2) is 10.4. The Labute approximate surface area is 168 Å². The molecule has 1 rings (SSSR count). The molecule has 0 bridgehead atoms. The Balaban J connectivity index is -0.00000147. The van der Waals surface area contributed by atoms with Crippen LogP contribution < -0.4 is 0 Å². The Morgan fingerprint density at radius 2 is 1.77 bits per heavy atom. The molecule has 0 fully saturated rings. The summed E-state index contributed by atoms with van der Waals surface area (Å²) in [5, 5.41) is 0. The molecule has 0 heterocycles. The van der Waals surface area contributed by atoms with Gasteiger partial charge in [-0.15, -0.1) is 0 Å². The summed E-state index contributed by atoms with van der Waals surface area (Å²) in [6, 6.07) is 0. The van der Waals surface area contributed by atoms with E-state index in [-0.39, 0.29) is 46.0 Å². The fourth-order valence-corrected chi connectivity index (χ4v) is 2.80. The van der Waals surface area contributed by atoms with Gasteiger partial charge in [-0.3, -0.25) is 4.79 Å². The summed E-state index contributed by atoms with van der Waals surface area (Å²) in [5.41, 5.74) is 5.48. The van der Waals surface area contributed by atoms with Gasteiger partial charge < -0.3 is 2.85 Å². The molecule has 2 heteroatoms. The third-order valence-electron chi connectivity index (χ3n) is 4.10. The molecule has 22 heavy (non-hydrogen) atoms. The van der Waals surface area contributed by atoms with Crippen LogP contribution in [-0.2, 0) is 4.79 Å². The van der Waals surface area contributed by atoms with E-state index in [0.29, 0.717) is 0 Å². The molecule has 0 amide bonds. The first-order valence-corrected chi connectivity index (χ1v) is 7.72. The van der Waals surface area contributed by atoms with Gasteiger partial charge in [0.1, 0.15) is 6.29 Å². The molecule has 1 aliphatic rings. The number of rotatable bonds is 5. The summed E-state index contributed by atoms with van der Waals surface area (Å²) in [5.74, 6) is 0. The van der Waals surface area contributed by atoms with Crippen LogP contribution in [0.5, 0.6) is 0 Å². The fourth-order valence-electron chi connectivity index (χ4n) is 2.80. The van der Waals surface area contributed by atoms with Crippen LogP contribution in [0.25, 0.3) is 0 Å². The molecule has 0 aromatic heterocycles. The monoisotopic (exact) mass is 326 g/mol. The molecule has 0 radical (unpaired) electrons. The van der Waals surface area contributed by atoms with Gasteiger partial charge in [0, 0.05) is 0 Å². The summed E-state index contributed by atoms with van der Waals surface area (Å²) in [7, 11) is 0. The van der Waals surface area contributed by atoms with E-state index in [1.807, 2.05) is 19.1 Å². The zero-order valence-corrected chi connectivity index (χ0v) is 17.0. The van der Waals surface area contributed by atoms with E-state index in [1.54, 1.807) is 6.08 Å². The van der Waals surface area contributed by atoms with Crippen LogP contribution in [-0.4, -0.2) is 44.0 Å². The van der Waals surface area contributed by atoms with Gasteiger partial charge in [-0.1, -0.05) is 55.4 Å². The Bertz CT molecular complexity index is 538. The summed E-state index contributed by atoms with van der Waals surface area (Å²) in [6.07, 6.45) is 16.6. The maximum absolute atomic E-state index is 10.3. The topological polar surface area (TPSA) is 17.1 Å². The molecule has 118 valence electrons. The minimum Gasteiger partial charge on any atom is -1.00 e. The first-order chi connectivity index (χ1) is 9.86. The molecular weight excluding hydrogens is 296 g/mol. The Hall–Kier alpha value is -0.370. The molecule has 1 nitrogen and oxygen atoms in total. The fraction of sp³-hybridized carbons (Fsp3) is 0.450. The van der Waals surface area contributed by atoms with Crippen molar-refractivity contribution in [1.82, 2.24) is 0 Å². The minimum atomic E-state index is 0. The summed E-state index contributed by atoms with van der Waals surface area (Å²) >= 11 is 0. The van der Waals surface area contributed by atoms with E-state index in [9.17, 15) is 4.79 Å². The first-order valence-electron chi connectivity index (χ1n) is 7.72. The number of hydrogen-bond donors (Lipinski definition) is 0. The smallest absolute Gasteiger partial charge is 1.00 e. The average Bonchev–Trinajstić information content (AvgIpc) is 2.37. The SMILES string of the molecule is CC(C=CC=C(C)C=CC1=C(C)CCCC1(C)C)=CC=O.[Ca+2].[H-].[H-]. The molecular formula is C20H30CaO. The van der Waals surface area contributed by atoms with Crippen LogP contribution in [0.15, 0.2) is 58.7 Å². The summed E-state index contributed by atoms with van der Waals surface area (Å²) in [4.78, 5) is 10.3. The van der Waals surface area contributed by atoms with Crippen molar-refractivity contribution in [2.45, 2.75) is 53.9 Å². The van der Waals surface area contributed by atoms with E-state index in [2.05, 4.69) is 45.9 Å². The second-order valence-corrected chi connectivity index (χ2v) is 6.58. The van der Waals surface area contributed by atoms with Gasteiger partial charge in [-0.2, -0.15) is 0 Å². The second-order valence-electron chi connectivity index (χ2n) is 6.58. The number of allylic oxidation sites excluding steroid dienone is 10. The van der Waals surface area contributed by atoms with Crippen LogP contribution in [0.1, 0.15) is 56.7 Å². The normalized spacial score (nSPS) is 19.7. The number of aldehydes is 1. The molecule has 0 atom stereocenters. The predicted octanol–water partition coefficient (Wildman–Crippen LogP) is 5.56. The van der Waals surface area contributed by atoms with Crippen molar-refractivity contribution in [2.75, 3.05) is 0 Å². The molecule has 0 aliphatic heterocycles. The summed E-state index contributed by atoms with van der Waals surface area (Å²) < 4.78 is 0. The van der Waals surface area contributed by atoms with Gasteiger partial charge in [0.05, 0.1) is 0 Å². The molecule has 0 unspecified atom stereocenters. The average molecular weight is 327 g/mol. The maximum atomic E-state index is 10.3. The maximum Gasteiger partial charge on any atom is 2.00 e. The van der Waals surface area contributed by atoms with E-state index < -0.39 is 0 Å². The van der Waals surface area contributed by atoms with Crippen LogP contribution in [0.2, 0.25) is 0 Å². The molecule has 0 aromatic carbocycles. The Morgan fingerprint density at radius 1 is 1.14 bits per heavy atom. The van der Waals surface area contributed by atoms with Crippen molar-refractivity contribution in [1.29, 1.82) is 0 Å². The Morgan fingerprint density at radius 3 is 2.36 bits per heavy atom. The molecule has 0 saturated heterocycles. The number of carbonyl (C=O) groups is 1. The van der Waals surface area contributed by atoms with Gasteiger partial charge in [0.2, 0.25) is 0 Å². The zero-order chi connectivity index (χ0) is 15.9. The van der Waals surface area contributed by atoms with Crippen molar-refractivity contribution in [3.8, 4) is 0 Å². The number of carbonyl (C=O) groups excluding carboxylic acids is 1. The standard InChI is InChI=1S/C20H28O.Ca.2H/c1-16(8-6-9-17(2)13-15-21)11-12-19-18(3)10-7-14-20(19,4)5;;;/h6,8-9,11-13,15H,7,10,14H2,1-5H3;;;/q;+2;2*-1. The van der Waals surface area contributed by atoms with Gasteiger partial charge in [-0.25, -0.2) is 0 Å². The summed E-state index contributed by atoms with van der Waals surface area (Å²) in [6.45, 7) is 10.9. The van der Waals surface area contributed by atoms with Crippen molar-refractivity contribution < 1.29 is 7.65 Å². The van der Waals surface area contributed by atoms with E-state index in [0.717, 1.165) is 11.9 Å². The van der Waals surface area contributed by atoms with E-state index >= 15 is 0 Å². The van der Waals surface area contributed by atoms with Crippen LogP contribution in [0.3, 0.4) is 0 Å². The molecule has 1 aliphatic carbocycles. The van der Waals surface area contributed by atoms with Gasteiger partial charge >= 0.3 is 37.7 Å². The van der Waals surface area contributed by atoms with Crippen molar-refractivity contribution >= 4 is 44.0 Å². The molecule has 0 saturated carbocycles. The van der Waals surface area contributed by atoms with Gasteiger partial charge in [-0.05, 0) is 62.7 Å². The van der Waals surface area contributed by atoms with Gasteiger partial charge in [0.15, 0.2) is 0 Å². The van der Waals surface area contributed by atoms with Crippen LogP contribution in [0, 0.1) is 5.41 Å². The van der Waals surface area contributed by atoms with Crippen molar-refractivity contribution in [2.24, 2.45) is 5.41 Å². The van der Waals surface area contributed by atoms with Crippen molar-refractivity contribution in [3.05, 3.63) is 58.7 Å². The van der Waals surface area contributed by atoms with Gasteiger partial charge in [0.25, 0.3) is 0 Å². The number of hydrogen-bond acceptors (Lipinski definition) is 1. The largest absolute Gasteiger partial charge is 2.00 e. The quantitative estimate of drug-likeness (QED) is 0.280. The zero-order valence-electron chi connectivity index (χ0n) is 16.8. The van der Waals surface area contributed by atoms with Crippen molar-refractivity contribution in [3.63, 3.8) is 0 Å². The Kier molecular flexibility index (Phi) is 10.2. The predicted molar refractivity (Wildman–Crippen MR) is 100 cm³/mol. The first kappa shape index (κ1) is 21.6. The molecule has 0 aromatic rings. The third-order valence-corrected chi connectivity index (χ3v) is 4.10. The molecule has 0 spiro atoms. The van der Waals surface area contributed by atoms with Crippen LogP contribution in [0.4, 0.5) is 0 Å². The van der Waals surface area contributed by atoms with E-state index in [1.165, 1.54) is 36.0 Å². The van der Waals surface area contributed by atoms with Crippen LogP contribution >= 0.6 is 0 Å². The van der Waals surface area contributed by atoms with E-state index in [4.69, 9.17) is 0 Å².